The van der Waals surface area contributed by atoms with Gasteiger partial charge in [-0.2, -0.15) is 4.37 Å². The lowest BCUT2D eigenvalue weighted by Crippen LogP contribution is -2.50. The Bertz CT molecular complexity index is 304. The van der Waals surface area contributed by atoms with E-state index in [1.54, 1.807) is 0 Å². The summed E-state index contributed by atoms with van der Waals surface area (Å²) in [7, 11) is 4.24. The third-order valence-electron chi connectivity index (χ3n) is 2.41. The topological polar surface area (TPSA) is 45.4 Å². The maximum absolute atomic E-state index is 5.57. The van der Waals surface area contributed by atoms with Gasteiger partial charge in [0, 0.05) is 31.6 Å². The monoisotopic (exact) mass is 212 g/mol. The molecule has 0 amide bonds. The molecule has 0 aliphatic carbocycles. The summed E-state index contributed by atoms with van der Waals surface area (Å²) in [6, 6.07) is 1.95. The summed E-state index contributed by atoms with van der Waals surface area (Å²) in [5, 5.41) is 1.21. The zero-order valence-electron chi connectivity index (χ0n) is 8.60. The van der Waals surface area contributed by atoms with Crippen LogP contribution in [0.15, 0.2) is 6.07 Å². The van der Waals surface area contributed by atoms with Crippen LogP contribution >= 0.6 is 11.5 Å². The molecule has 1 aliphatic rings. The van der Waals surface area contributed by atoms with Crippen molar-refractivity contribution in [1.29, 1.82) is 0 Å². The van der Waals surface area contributed by atoms with Crippen molar-refractivity contribution in [3.8, 4) is 0 Å². The van der Waals surface area contributed by atoms with Crippen LogP contribution < -0.4 is 10.6 Å². The zero-order chi connectivity index (χ0) is 10.1. The molecule has 78 valence electrons. The number of aromatic nitrogens is 1. The largest absolute Gasteiger partial charge is 0.383 e. The maximum atomic E-state index is 5.57. The molecule has 0 saturated carbocycles. The second-order valence-corrected chi connectivity index (χ2v) is 4.91. The van der Waals surface area contributed by atoms with Gasteiger partial charge in [0.05, 0.1) is 0 Å². The Kier molecular flexibility index (Phi) is 2.60. The Labute approximate surface area is 88.5 Å². The highest BCUT2D eigenvalue weighted by Crippen LogP contribution is 2.29. The van der Waals surface area contributed by atoms with Crippen LogP contribution in [-0.4, -0.2) is 43.0 Å². The smallest absolute Gasteiger partial charge is 0.139 e. The predicted molar refractivity (Wildman–Crippen MR) is 60.8 cm³/mol. The van der Waals surface area contributed by atoms with Crippen LogP contribution in [0, 0.1) is 5.92 Å². The predicted octanol–water partition coefficient (Wildman–Crippen LogP) is 0.723. The van der Waals surface area contributed by atoms with Crippen molar-refractivity contribution in [2.45, 2.75) is 0 Å². The minimum Gasteiger partial charge on any atom is -0.383 e. The van der Waals surface area contributed by atoms with Crippen molar-refractivity contribution in [2.24, 2.45) is 5.92 Å². The Morgan fingerprint density at radius 2 is 2.36 bits per heavy atom. The van der Waals surface area contributed by atoms with E-state index in [9.17, 15) is 0 Å². The molecule has 2 rings (SSSR count). The normalized spacial score (nSPS) is 17.5. The fraction of sp³-hybridized carbons (Fsp3) is 0.667. The Balaban J connectivity index is 1.83. The molecular weight excluding hydrogens is 196 g/mol. The lowest BCUT2D eigenvalue weighted by atomic mass is 10.0. The second-order valence-electron chi connectivity index (χ2n) is 4.12. The summed E-state index contributed by atoms with van der Waals surface area (Å²) in [5.41, 5.74) is 5.57. The molecule has 14 heavy (non-hydrogen) atoms. The lowest BCUT2D eigenvalue weighted by Gasteiger charge is -2.40. The number of hydrogen-bond acceptors (Lipinski definition) is 5. The number of rotatable bonds is 3. The standard InChI is InChI=1S/C9H16N4S/c1-12(2)4-7-5-13(6-7)9-3-8(10)11-14-9/h3,7H,4-6H2,1-2H3,(H2,10,11). The molecule has 0 aromatic carbocycles. The van der Waals surface area contributed by atoms with Crippen LogP contribution in [0.1, 0.15) is 0 Å². The third kappa shape index (κ3) is 1.99. The van der Waals surface area contributed by atoms with E-state index in [4.69, 9.17) is 5.73 Å². The lowest BCUT2D eigenvalue weighted by molar-refractivity contribution is 0.284. The van der Waals surface area contributed by atoms with Crippen molar-refractivity contribution in [3.05, 3.63) is 6.07 Å². The Hall–Kier alpha value is -0.810. The van der Waals surface area contributed by atoms with E-state index >= 15 is 0 Å². The quantitative estimate of drug-likeness (QED) is 0.802. The molecule has 1 aromatic heterocycles. The van der Waals surface area contributed by atoms with Crippen molar-refractivity contribution in [2.75, 3.05) is 44.4 Å². The van der Waals surface area contributed by atoms with Gasteiger partial charge in [-0.15, -0.1) is 0 Å². The van der Waals surface area contributed by atoms with Gasteiger partial charge in [0.2, 0.25) is 0 Å². The van der Waals surface area contributed by atoms with Crippen molar-refractivity contribution in [3.63, 3.8) is 0 Å². The van der Waals surface area contributed by atoms with Crippen molar-refractivity contribution in [1.82, 2.24) is 9.27 Å². The molecule has 0 atom stereocenters. The first-order chi connectivity index (χ1) is 6.65. The number of hydrogen-bond donors (Lipinski definition) is 1. The van der Waals surface area contributed by atoms with Crippen LogP contribution in [0.5, 0.6) is 0 Å². The molecular formula is C9H16N4S. The average Bonchev–Trinajstić information content (AvgIpc) is 2.42. The van der Waals surface area contributed by atoms with Gasteiger partial charge in [-0.3, -0.25) is 0 Å². The minimum atomic E-state index is 0.640. The van der Waals surface area contributed by atoms with E-state index in [1.807, 2.05) is 6.07 Å². The van der Waals surface area contributed by atoms with Gasteiger partial charge in [-0.1, -0.05) is 0 Å². The number of nitrogen functional groups attached to an aromatic ring is 1. The van der Waals surface area contributed by atoms with Gasteiger partial charge in [0.15, 0.2) is 0 Å². The third-order valence-corrected chi connectivity index (χ3v) is 3.27. The molecule has 2 N–H and O–H groups in total. The van der Waals surface area contributed by atoms with Crippen LogP contribution in [0.3, 0.4) is 0 Å². The highest BCUT2D eigenvalue weighted by Gasteiger charge is 2.28. The molecule has 0 unspecified atom stereocenters. The van der Waals surface area contributed by atoms with E-state index < -0.39 is 0 Å². The van der Waals surface area contributed by atoms with Crippen molar-refractivity contribution < 1.29 is 0 Å². The van der Waals surface area contributed by atoms with Gasteiger partial charge in [-0.25, -0.2) is 0 Å². The number of anilines is 2. The number of nitrogens with zero attached hydrogens (tertiary/aromatic N) is 3. The van der Waals surface area contributed by atoms with Crippen LogP contribution in [0.25, 0.3) is 0 Å². The molecule has 0 radical (unpaired) electrons. The second kappa shape index (κ2) is 3.74. The fourth-order valence-corrected chi connectivity index (χ4v) is 2.50. The number of nitrogens with two attached hydrogens (primary N) is 1. The van der Waals surface area contributed by atoms with Crippen LogP contribution in [0.2, 0.25) is 0 Å². The Morgan fingerprint density at radius 3 is 2.86 bits per heavy atom. The molecule has 2 heterocycles. The van der Waals surface area contributed by atoms with E-state index in [2.05, 4.69) is 28.3 Å². The van der Waals surface area contributed by atoms with Gasteiger partial charge in [0.25, 0.3) is 0 Å². The summed E-state index contributed by atoms with van der Waals surface area (Å²) in [6.45, 7) is 3.45. The average molecular weight is 212 g/mol. The molecule has 1 saturated heterocycles. The van der Waals surface area contributed by atoms with E-state index in [1.165, 1.54) is 23.1 Å². The molecule has 5 heteroatoms. The summed E-state index contributed by atoms with van der Waals surface area (Å²) >= 11 is 1.49. The van der Waals surface area contributed by atoms with Gasteiger partial charge >= 0.3 is 0 Å². The first-order valence-corrected chi connectivity index (χ1v) is 5.54. The van der Waals surface area contributed by atoms with Gasteiger partial charge < -0.3 is 15.5 Å². The highest BCUT2D eigenvalue weighted by atomic mass is 32.1. The van der Waals surface area contributed by atoms with Crippen molar-refractivity contribution >= 4 is 22.4 Å². The Morgan fingerprint density at radius 1 is 1.64 bits per heavy atom. The van der Waals surface area contributed by atoms with E-state index in [0.717, 1.165) is 19.0 Å². The summed E-state index contributed by atoms with van der Waals surface area (Å²) in [6.07, 6.45) is 0. The SMILES string of the molecule is CN(C)CC1CN(c2cc(N)ns2)C1. The molecule has 4 nitrogen and oxygen atoms in total. The molecule has 1 aliphatic heterocycles. The first-order valence-electron chi connectivity index (χ1n) is 4.77. The molecule has 1 fully saturated rings. The van der Waals surface area contributed by atoms with E-state index in [0.29, 0.717) is 5.82 Å². The molecule has 0 spiro atoms. The molecule has 0 bridgehead atoms. The molecule has 1 aromatic rings. The minimum absolute atomic E-state index is 0.640. The van der Waals surface area contributed by atoms with Gasteiger partial charge in [0.1, 0.15) is 10.8 Å². The fourth-order valence-electron chi connectivity index (χ4n) is 1.81. The summed E-state index contributed by atoms with van der Waals surface area (Å²) in [5.74, 6) is 1.44. The first kappa shape index (κ1) is 9.73. The zero-order valence-corrected chi connectivity index (χ0v) is 9.42. The maximum Gasteiger partial charge on any atom is 0.139 e. The summed E-state index contributed by atoms with van der Waals surface area (Å²) < 4.78 is 4.07. The van der Waals surface area contributed by atoms with E-state index in [-0.39, 0.29) is 0 Å². The highest BCUT2D eigenvalue weighted by molar-refractivity contribution is 7.10. The van der Waals surface area contributed by atoms with Crippen LogP contribution in [-0.2, 0) is 0 Å². The van der Waals surface area contributed by atoms with Gasteiger partial charge in [-0.05, 0) is 25.6 Å². The van der Waals surface area contributed by atoms with Crippen LogP contribution in [0.4, 0.5) is 10.8 Å². The summed E-state index contributed by atoms with van der Waals surface area (Å²) in [4.78, 5) is 4.57.